The first-order valence-electron chi connectivity index (χ1n) is 6.68. The van der Waals surface area contributed by atoms with E-state index in [1.165, 1.54) is 0 Å². The molecule has 5 nitrogen and oxygen atoms in total. The zero-order valence-electron chi connectivity index (χ0n) is 11.8. The molecule has 0 radical (unpaired) electrons. The SMILES string of the molecule is CC(=O)N1CCN(c2cc(Cl)ccc2/C=C/C(=O)O)CC1. The number of hydrogen-bond acceptors (Lipinski definition) is 3. The van der Waals surface area contributed by atoms with Crippen molar-refractivity contribution >= 4 is 35.2 Å². The molecule has 1 saturated heterocycles. The van der Waals surface area contributed by atoms with Crippen LogP contribution in [0.1, 0.15) is 12.5 Å². The summed E-state index contributed by atoms with van der Waals surface area (Å²) in [5.41, 5.74) is 1.70. The monoisotopic (exact) mass is 308 g/mol. The van der Waals surface area contributed by atoms with Crippen molar-refractivity contribution in [3.05, 3.63) is 34.9 Å². The van der Waals surface area contributed by atoms with E-state index in [0.29, 0.717) is 31.2 Å². The quantitative estimate of drug-likeness (QED) is 0.869. The van der Waals surface area contributed by atoms with Gasteiger partial charge in [-0.3, -0.25) is 4.79 Å². The van der Waals surface area contributed by atoms with Crippen molar-refractivity contribution in [2.75, 3.05) is 31.1 Å². The fourth-order valence-electron chi connectivity index (χ4n) is 2.35. The highest BCUT2D eigenvalue weighted by Crippen LogP contribution is 2.27. The minimum atomic E-state index is -0.989. The van der Waals surface area contributed by atoms with E-state index in [1.807, 2.05) is 6.07 Å². The number of hydrogen-bond donors (Lipinski definition) is 1. The number of anilines is 1. The highest BCUT2D eigenvalue weighted by Gasteiger charge is 2.20. The van der Waals surface area contributed by atoms with Crippen molar-refractivity contribution in [1.82, 2.24) is 4.90 Å². The molecule has 1 aliphatic rings. The molecule has 0 aliphatic carbocycles. The number of rotatable bonds is 3. The third kappa shape index (κ3) is 3.98. The van der Waals surface area contributed by atoms with E-state index >= 15 is 0 Å². The van der Waals surface area contributed by atoms with Crippen LogP contribution >= 0.6 is 11.6 Å². The Morgan fingerprint density at radius 3 is 2.48 bits per heavy atom. The van der Waals surface area contributed by atoms with Crippen molar-refractivity contribution in [2.24, 2.45) is 0 Å². The largest absolute Gasteiger partial charge is 0.478 e. The molecule has 21 heavy (non-hydrogen) atoms. The van der Waals surface area contributed by atoms with Gasteiger partial charge in [0, 0.05) is 49.9 Å². The van der Waals surface area contributed by atoms with E-state index in [0.717, 1.165) is 17.3 Å². The standard InChI is InChI=1S/C15H17ClN2O3/c1-11(19)17-6-8-18(9-7-17)14-10-13(16)4-2-12(14)3-5-15(20)21/h2-5,10H,6-9H2,1H3,(H,20,21)/b5-3+. The van der Waals surface area contributed by atoms with Gasteiger partial charge < -0.3 is 14.9 Å². The number of benzene rings is 1. The van der Waals surface area contributed by atoms with Crippen LogP contribution in [-0.2, 0) is 9.59 Å². The fraction of sp³-hybridized carbons (Fsp3) is 0.333. The third-order valence-corrected chi connectivity index (χ3v) is 3.70. The maximum absolute atomic E-state index is 11.4. The summed E-state index contributed by atoms with van der Waals surface area (Å²) < 4.78 is 0. The second-order valence-corrected chi connectivity index (χ2v) is 5.30. The van der Waals surface area contributed by atoms with Crippen molar-refractivity contribution in [2.45, 2.75) is 6.92 Å². The molecule has 112 valence electrons. The normalized spacial score (nSPS) is 15.5. The van der Waals surface area contributed by atoms with Crippen LogP contribution in [0.2, 0.25) is 5.02 Å². The molecule has 0 unspecified atom stereocenters. The lowest BCUT2D eigenvalue weighted by molar-refractivity contribution is -0.131. The van der Waals surface area contributed by atoms with E-state index in [2.05, 4.69) is 4.90 Å². The van der Waals surface area contributed by atoms with Gasteiger partial charge in [0.2, 0.25) is 5.91 Å². The maximum Gasteiger partial charge on any atom is 0.328 e. The third-order valence-electron chi connectivity index (χ3n) is 3.46. The van der Waals surface area contributed by atoms with Gasteiger partial charge in [-0.2, -0.15) is 0 Å². The number of piperazine rings is 1. The predicted octanol–water partition coefficient (Wildman–Crippen LogP) is 2.11. The second-order valence-electron chi connectivity index (χ2n) is 4.87. The van der Waals surface area contributed by atoms with Crippen molar-refractivity contribution in [1.29, 1.82) is 0 Å². The molecule has 0 spiro atoms. The molecule has 1 fully saturated rings. The Bertz CT molecular complexity index is 578. The summed E-state index contributed by atoms with van der Waals surface area (Å²) in [6, 6.07) is 5.36. The molecular formula is C15H17ClN2O3. The summed E-state index contributed by atoms with van der Waals surface area (Å²) in [6.07, 6.45) is 2.67. The highest BCUT2D eigenvalue weighted by atomic mass is 35.5. The average Bonchev–Trinajstić information content (AvgIpc) is 2.46. The number of halogens is 1. The van der Waals surface area contributed by atoms with Crippen LogP contribution in [0.15, 0.2) is 24.3 Å². The lowest BCUT2D eigenvalue weighted by atomic mass is 10.1. The van der Waals surface area contributed by atoms with E-state index in [-0.39, 0.29) is 5.91 Å². The number of aliphatic carboxylic acids is 1. The first kappa shape index (κ1) is 15.4. The molecule has 1 aromatic rings. The smallest absolute Gasteiger partial charge is 0.328 e. The molecule has 0 bridgehead atoms. The van der Waals surface area contributed by atoms with E-state index in [4.69, 9.17) is 16.7 Å². The van der Waals surface area contributed by atoms with Crippen molar-refractivity contribution in [3.8, 4) is 0 Å². The van der Waals surface area contributed by atoms with Crippen LogP contribution < -0.4 is 4.90 Å². The summed E-state index contributed by atoms with van der Waals surface area (Å²) in [5, 5.41) is 9.36. The number of carbonyl (C=O) groups excluding carboxylic acids is 1. The Kier molecular flexibility index (Phi) is 4.85. The van der Waals surface area contributed by atoms with Gasteiger partial charge in [0.1, 0.15) is 0 Å². The van der Waals surface area contributed by atoms with Crippen molar-refractivity contribution < 1.29 is 14.7 Å². The van der Waals surface area contributed by atoms with Crippen molar-refractivity contribution in [3.63, 3.8) is 0 Å². The van der Waals surface area contributed by atoms with Crippen LogP contribution in [0.25, 0.3) is 6.08 Å². The number of nitrogens with zero attached hydrogens (tertiary/aromatic N) is 2. The zero-order chi connectivity index (χ0) is 15.4. The summed E-state index contributed by atoms with van der Waals surface area (Å²) in [4.78, 5) is 25.9. The van der Waals surface area contributed by atoms with Crippen LogP contribution in [0.5, 0.6) is 0 Å². The molecule has 0 atom stereocenters. The van der Waals surface area contributed by atoms with Gasteiger partial charge in [-0.05, 0) is 23.8 Å². The zero-order valence-corrected chi connectivity index (χ0v) is 12.5. The van der Waals surface area contributed by atoms with Gasteiger partial charge in [0.25, 0.3) is 0 Å². The Morgan fingerprint density at radius 2 is 1.90 bits per heavy atom. The van der Waals surface area contributed by atoms with E-state index in [1.54, 1.807) is 30.0 Å². The first-order chi connectivity index (χ1) is 9.97. The molecule has 1 aromatic carbocycles. The van der Waals surface area contributed by atoms with Gasteiger partial charge in [0.05, 0.1) is 0 Å². The Labute approximate surface area is 128 Å². The molecule has 1 N–H and O–H groups in total. The minimum Gasteiger partial charge on any atom is -0.478 e. The summed E-state index contributed by atoms with van der Waals surface area (Å²) >= 11 is 6.05. The van der Waals surface area contributed by atoms with Gasteiger partial charge >= 0.3 is 5.97 Å². The van der Waals surface area contributed by atoms with E-state index < -0.39 is 5.97 Å². The lowest BCUT2D eigenvalue weighted by Crippen LogP contribution is -2.48. The Morgan fingerprint density at radius 1 is 1.24 bits per heavy atom. The van der Waals surface area contributed by atoms with Gasteiger partial charge in [-0.1, -0.05) is 17.7 Å². The highest BCUT2D eigenvalue weighted by molar-refractivity contribution is 6.31. The van der Waals surface area contributed by atoms with Gasteiger partial charge in [-0.25, -0.2) is 4.79 Å². The number of amides is 1. The topological polar surface area (TPSA) is 60.9 Å². The minimum absolute atomic E-state index is 0.0757. The average molecular weight is 309 g/mol. The fourth-order valence-corrected chi connectivity index (χ4v) is 2.52. The van der Waals surface area contributed by atoms with E-state index in [9.17, 15) is 9.59 Å². The second kappa shape index (κ2) is 6.63. The summed E-state index contributed by atoms with van der Waals surface area (Å²) in [6.45, 7) is 4.28. The number of carboxylic acids is 1. The van der Waals surface area contributed by atoms with Crippen LogP contribution in [0.3, 0.4) is 0 Å². The van der Waals surface area contributed by atoms with Crippen LogP contribution in [0.4, 0.5) is 5.69 Å². The predicted molar refractivity (Wildman–Crippen MR) is 82.6 cm³/mol. The first-order valence-corrected chi connectivity index (χ1v) is 7.06. The van der Waals surface area contributed by atoms with Crippen LogP contribution in [-0.4, -0.2) is 48.1 Å². The molecular weight excluding hydrogens is 292 g/mol. The lowest BCUT2D eigenvalue weighted by Gasteiger charge is -2.36. The molecule has 1 amide bonds. The molecule has 2 rings (SSSR count). The van der Waals surface area contributed by atoms with Gasteiger partial charge in [-0.15, -0.1) is 0 Å². The maximum atomic E-state index is 11.4. The van der Waals surface area contributed by atoms with Crippen LogP contribution in [0, 0.1) is 0 Å². The molecule has 1 aliphatic heterocycles. The molecule has 6 heteroatoms. The molecule has 1 heterocycles. The summed E-state index contributed by atoms with van der Waals surface area (Å²) in [7, 11) is 0. The van der Waals surface area contributed by atoms with Gasteiger partial charge in [0.15, 0.2) is 0 Å². The summed E-state index contributed by atoms with van der Waals surface area (Å²) in [5.74, 6) is -0.913. The number of carboxylic acid groups (broad SMARTS) is 1. The molecule has 0 saturated carbocycles. The molecule has 0 aromatic heterocycles. The Balaban J connectivity index is 2.21. The number of carbonyl (C=O) groups is 2. The Hall–Kier alpha value is -2.01.